The molecule has 2 N–H and O–H groups in total. The van der Waals surface area contributed by atoms with Gasteiger partial charge in [-0.15, -0.1) is 0 Å². The molecule has 21 heavy (non-hydrogen) atoms. The molecule has 2 atom stereocenters. The van der Waals surface area contributed by atoms with Crippen molar-refractivity contribution in [2.45, 2.75) is 38.6 Å². The molecule has 1 aliphatic carbocycles. The zero-order valence-corrected chi connectivity index (χ0v) is 12.4. The summed E-state index contributed by atoms with van der Waals surface area (Å²) >= 11 is 0. The van der Waals surface area contributed by atoms with E-state index in [1.165, 1.54) is 12.8 Å². The number of urea groups is 1. The van der Waals surface area contributed by atoms with E-state index < -0.39 is 0 Å². The van der Waals surface area contributed by atoms with E-state index in [1.54, 1.807) is 0 Å². The molecular weight excluding hydrogens is 260 g/mol. The molecule has 1 fully saturated rings. The Morgan fingerprint density at radius 2 is 1.90 bits per heavy atom. The minimum atomic E-state index is -0.0922. The fraction of sp³-hybridized carbons (Fsp3) is 0.389. The minimum Gasteiger partial charge on any atom is -0.335 e. The highest BCUT2D eigenvalue weighted by Crippen LogP contribution is 2.25. The Labute approximate surface area is 125 Å². The van der Waals surface area contributed by atoms with Gasteiger partial charge in [-0.05, 0) is 30.2 Å². The summed E-state index contributed by atoms with van der Waals surface area (Å²) in [6, 6.07) is 14.3. The zero-order valence-electron chi connectivity index (χ0n) is 12.4. The molecule has 0 aromatic heterocycles. The lowest BCUT2D eigenvalue weighted by molar-refractivity contribution is 0.238. The average molecular weight is 282 g/mol. The molecule has 2 aromatic rings. The zero-order chi connectivity index (χ0) is 14.7. The number of hydrogen-bond acceptors (Lipinski definition) is 1. The van der Waals surface area contributed by atoms with E-state index in [2.05, 4.69) is 29.7 Å². The van der Waals surface area contributed by atoms with E-state index in [1.807, 2.05) is 30.3 Å². The number of anilines is 1. The van der Waals surface area contributed by atoms with Gasteiger partial charge in [-0.1, -0.05) is 56.2 Å². The molecule has 3 rings (SSSR count). The molecule has 0 heterocycles. The first-order valence-corrected chi connectivity index (χ1v) is 7.77. The van der Waals surface area contributed by atoms with Crippen molar-refractivity contribution >= 4 is 22.5 Å². The Bertz CT molecular complexity index is 633. The lowest BCUT2D eigenvalue weighted by atomic mass is 9.87. The van der Waals surface area contributed by atoms with Crippen molar-refractivity contribution in [3.8, 4) is 0 Å². The van der Waals surface area contributed by atoms with Crippen molar-refractivity contribution in [2.75, 3.05) is 5.32 Å². The SMILES string of the molecule is C[C@H]1CCC[C@H](NC(=O)Nc2cccc3ccccc23)C1. The summed E-state index contributed by atoms with van der Waals surface area (Å²) in [5.41, 5.74) is 0.870. The fourth-order valence-electron chi connectivity index (χ4n) is 3.24. The first-order chi connectivity index (χ1) is 10.2. The molecule has 0 spiro atoms. The average Bonchev–Trinajstić information content (AvgIpc) is 2.47. The molecule has 0 radical (unpaired) electrons. The minimum absolute atomic E-state index is 0.0922. The Morgan fingerprint density at radius 1 is 1.10 bits per heavy atom. The maximum atomic E-state index is 12.2. The third kappa shape index (κ3) is 3.35. The van der Waals surface area contributed by atoms with Gasteiger partial charge in [0.2, 0.25) is 0 Å². The van der Waals surface area contributed by atoms with E-state index >= 15 is 0 Å². The van der Waals surface area contributed by atoms with Crippen LogP contribution >= 0.6 is 0 Å². The summed E-state index contributed by atoms with van der Waals surface area (Å²) in [5, 5.41) is 8.33. The Balaban J connectivity index is 1.69. The number of hydrogen-bond donors (Lipinski definition) is 2. The van der Waals surface area contributed by atoms with Crippen molar-refractivity contribution in [1.29, 1.82) is 0 Å². The van der Waals surface area contributed by atoms with Crippen molar-refractivity contribution in [1.82, 2.24) is 5.32 Å². The second-order valence-electron chi connectivity index (χ2n) is 6.09. The normalized spacial score (nSPS) is 22.0. The van der Waals surface area contributed by atoms with Crippen LogP contribution in [0.15, 0.2) is 42.5 Å². The van der Waals surface area contributed by atoms with Crippen molar-refractivity contribution in [3.63, 3.8) is 0 Å². The molecule has 1 aliphatic rings. The van der Waals surface area contributed by atoms with E-state index in [9.17, 15) is 4.79 Å². The topological polar surface area (TPSA) is 41.1 Å². The third-order valence-corrected chi connectivity index (χ3v) is 4.31. The van der Waals surface area contributed by atoms with E-state index in [0.29, 0.717) is 12.0 Å². The maximum Gasteiger partial charge on any atom is 0.319 e. The van der Waals surface area contributed by atoms with Crippen LogP contribution < -0.4 is 10.6 Å². The van der Waals surface area contributed by atoms with Gasteiger partial charge in [-0.2, -0.15) is 0 Å². The molecule has 1 saturated carbocycles. The smallest absolute Gasteiger partial charge is 0.319 e. The highest BCUT2D eigenvalue weighted by molar-refractivity contribution is 6.01. The van der Waals surface area contributed by atoms with Gasteiger partial charge in [0, 0.05) is 11.4 Å². The number of carbonyl (C=O) groups is 1. The third-order valence-electron chi connectivity index (χ3n) is 4.31. The van der Waals surface area contributed by atoms with Gasteiger partial charge in [-0.3, -0.25) is 0 Å². The lowest BCUT2D eigenvalue weighted by Gasteiger charge is -2.27. The summed E-state index contributed by atoms with van der Waals surface area (Å²) in [6.07, 6.45) is 4.67. The van der Waals surface area contributed by atoms with Gasteiger partial charge >= 0.3 is 6.03 Å². The molecule has 110 valence electrons. The molecule has 2 aromatic carbocycles. The Morgan fingerprint density at radius 3 is 2.76 bits per heavy atom. The van der Waals surface area contributed by atoms with Crippen LogP contribution in [-0.2, 0) is 0 Å². The highest BCUT2D eigenvalue weighted by Gasteiger charge is 2.20. The van der Waals surface area contributed by atoms with Gasteiger partial charge in [0.25, 0.3) is 0 Å². The molecule has 0 unspecified atom stereocenters. The number of rotatable bonds is 2. The van der Waals surface area contributed by atoms with Crippen LogP contribution in [0.5, 0.6) is 0 Å². The van der Waals surface area contributed by atoms with Crippen LogP contribution in [0.3, 0.4) is 0 Å². The first kappa shape index (κ1) is 13.9. The Kier molecular flexibility index (Phi) is 4.09. The number of amides is 2. The standard InChI is InChI=1S/C18H22N2O/c1-13-6-4-9-15(12-13)19-18(21)20-17-11-5-8-14-7-2-3-10-16(14)17/h2-3,5,7-8,10-11,13,15H,4,6,9,12H2,1H3,(H2,19,20,21)/t13-,15-/m0/s1. The first-order valence-electron chi connectivity index (χ1n) is 7.77. The van der Waals surface area contributed by atoms with Crippen LogP contribution in [0, 0.1) is 5.92 Å². The van der Waals surface area contributed by atoms with Crippen LogP contribution in [-0.4, -0.2) is 12.1 Å². The molecule has 0 bridgehead atoms. The van der Waals surface area contributed by atoms with Crippen LogP contribution in [0.1, 0.15) is 32.6 Å². The van der Waals surface area contributed by atoms with Gasteiger partial charge in [0.05, 0.1) is 5.69 Å². The van der Waals surface area contributed by atoms with Gasteiger partial charge < -0.3 is 10.6 Å². The van der Waals surface area contributed by atoms with Crippen molar-refractivity contribution < 1.29 is 4.79 Å². The molecule has 3 heteroatoms. The summed E-state index contributed by atoms with van der Waals surface area (Å²) in [6.45, 7) is 2.26. The molecular formula is C18H22N2O. The fourth-order valence-corrected chi connectivity index (χ4v) is 3.24. The van der Waals surface area contributed by atoms with Crippen molar-refractivity contribution in [2.24, 2.45) is 5.92 Å². The summed E-state index contributed by atoms with van der Waals surface area (Å²) < 4.78 is 0. The summed E-state index contributed by atoms with van der Waals surface area (Å²) in [7, 11) is 0. The number of carbonyl (C=O) groups excluding carboxylic acids is 1. The van der Waals surface area contributed by atoms with Crippen LogP contribution in [0.2, 0.25) is 0 Å². The second kappa shape index (κ2) is 6.17. The number of nitrogens with one attached hydrogen (secondary N) is 2. The molecule has 0 saturated heterocycles. The Hall–Kier alpha value is -2.03. The molecule has 0 aliphatic heterocycles. The van der Waals surface area contributed by atoms with E-state index in [-0.39, 0.29) is 6.03 Å². The predicted octanol–water partition coefficient (Wildman–Crippen LogP) is 4.54. The molecule has 2 amide bonds. The molecule has 3 nitrogen and oxygen atoms in total. The summed E-state index contributed by atoms with van der Waals surface area (Å²) in [4.78, 5) is 12.2. The monoisotopic (exact) mass is 282 g/mol. The summed E-state index contributed by atoms with van der Waals surface area (Å²) in [5.74, 6) is 0.710. The quantitative estimate of drug-likeness (QED) is 0.834. The largest absolute Gasteiger partial charge is 0.335 e. The lowest BCUT2D eigenvalue weighted by Crippen LogP contribution is -2.40. The van der Waals surface area contributed by atoms with Gasteiger partial charge in [0.15, 0.2) is 0 Å². The van der Waals surface area contributed by atoms with E-state index in [4.69, 9.17) is 0 Å². The van der Waals surface area contributed by atoms with Crippen molar-refractivity contribution in [3.05, 3.63) is 42.5 Å². The highest BCUT2D eigenvalue weighted by atomic mass is 16.2. The van der Waals surface area contributed by atoms with Crippen LogP contribution in [0.25, 0.3) is 10.8 Å². The predicted molar refractivity (Wildman–Crippen MR) is 87.5 cm³/mol. The van der Waals surface area contributed by atoms with Gasteiger partial charge in [0.1, 0.15) is 0 Å². The number of benzene rings is 2. The number of fused-ring (bicyclic) bond motifs is 1. The van der Waals surface area contributed by atoms with Gasteiger partial charge in [-0.25, -0.2) is 4.79 Å². The van der Waals surface area contributed by atoms with Crippen LogP contribution in [0.4, 0.5) is 10.5 Å². The van der Waals surface area contributed by atoms with E-state index in [0.717, 1.165) is 29.3 Å². The second-order valence-corrected chi connectivity index (χ2v) is 6.09. The maximum absolute atomic E-state index is 12.2.